The number of halogens is 1. The Morgan fingerprint density at radius 1 is 1.00 bits per heavy atom. The second-order valence-corrected chi connectivity index (χ2v) is 7.98. The Bertz CT molecular complexity index is 1170. The second-order valence-electron chi connectivity index (χ2n) is 6.56. The van der Waals surface area contributed by atoms with Crippen molar-refractivity contribution >= 4 is 44.2 Å². The Morgan fingerprint density at radius 2 is 1.70 bits per heavy atom. The van der Waals surface area contributed by atoms with Crippen LogP contribution < -0.4 is 14.4 Å². The second kappa shape index (κ2) is 8.73. The van der Waals surface area contributed by atoms with Gasteiger partial charge in [-0.3, -0.25) is 9.69 Å². The van der Waals surface area contributed by atoms with Crippen molar-refractivity contribution in [2.24, 2.45) is 0 Å². The van der Waals surface area contributed by atoms with E-state index in [-0.39, 0.29) is 5.91 Å². The monoisotopic (exact) mass is 438 g/mol. The highest BCUT2D eigenvalue weighted by atomic mass is 35.5. The summed E-state index contributed by atoms with van der Waals surface area (Å²) in [5.41, 5.74) is 2.13. The van der Waals surface area contributed by atoms with Crippen LogP contribution in [0.1, 0.15) is 15.9 Å². The summed E-state index contributed by atoms with van der Waals surface area (Å²) in [6, 6.07) is 20.5. The molecular formula is C23H19ClN2O3S. The number of ether oxygens (including phenoxy) is 2. The van der Waals surface area contributed by atoms with Gasteiger partial charge < -0.3 is 9.47 Å². The van der Waals surface area contributed by atoms with Crippen molar-refractivity contribution in [2.45, 2.75) is 6.54 Å². The molecule has 4 aromatic rings. The van der Waals surface area contributed by atoms with Gasteiger partial charge in [0.05, 0.1) is 30.5 Å². The lowest BCUT2D eigenvalue weighted by Crippen LogP contribution is -2.30. The summed E-state index contributed by atoms with van der Waals surface area (Å²) in [7, 11) is 3.11. The van der Waals surface area contributed by atoms with E-state index in [1.165, 1.54) is 11.3 Å². The summed E-state index contributed by atoms with van der Waals surface area (Å²) < 4.78 is 11.6. The van der Waals surface area contributed by atoms with Crippen LogP contribution in [0.25, 0.3) is 10.2 Å². The molecule has 0 unspecified atom stereocenters. The van der Waals surface area contributed by atoms with Gasteiger partial charge in [-0.1, -0.05) is 59.3 Å². The third kappa shape index (κ3) is 4.10. The van der Waals surface area contributed by atoms with E-state index < -0.39 is 0 Å². The number of fused-ring (bicyclic) bond motifs is 1. The summed E-state index contributed by atoms with van der Waals surface area (Å²) in [5, 5.41) is 1.14. The van der Waals surface area contributed by atoms with Crippen LogP contribution in [-0.4, -0.2) is 25.1 Å². The van der Waals surface area contributed by atoms with Gasteiger partial charge in [0.15, 0.2) is 5.13 Å². The quantitative estimate of drug-likeness (QED) is 0.381. The highest BCUT2D eigenvalue weighted by Gasteiger charge is 2.23. The van der Waals surface area contributed by atoms with Crippen LogP contribution in [0.2, 0.25) is 5.02 Å². The molecule has 0 N–H and O–H groups in total. The number of aromatic nitrogens is 1. The average molecular weight is 439 g/mol. The Morgan fingerprint density at radius 3 is 2.33 bits per heavy atom. The van der Waals surface area contributed by atoms with Crippen LogP contribution in [-0.2, 0) is 6.54 Å². The molecule has 1 amide bonds. The van der Waals surface area contributed by atoms with Crippen LogP contribution in [0.4, 0.5) is 5.13 Å². The van der Waals surface area contributed by atoms with Crippen LogP contribution in [0, 0.1) is 0 Å². The Hall–Kier alpha value is -3.09. The van der Waals surface area contributed by atoms with E-state index in [2.05, 4.69) is 4.98 Å². The maximum absolute atomic E-state index is 13.6. The molecule has 0 fully saturated rings. The zero-order valence-corrected chi connectivity index (χ0v) is 18.0. The molecule has 1 heterocycles. The zero-order chi connectivity index (χ0) is 21.1. The zero-order valence-electron chi connectivity index (χ0n) is 16.5. The SMILES string of the molecule is COc1cc(OC)cc(C(=O)N(Cc2ccccc2)c2nc3c(Cl)cccc3s2)c1. The first-order valence-corrected chi connectivity index (χ1v) is 10.4. The first kappa shape index (κ1) is 20.2. The van der Waals surface area contributed by atoms with E-state index in [4.69, 9.17) is 21.1 Å². The molecule has 3 aromatic carbocycles. The van der Waals surface area contributed by atoms with Gasteiger partial charge in [0.1, 0.15) is 17.0 Å². The predicted molar refractivity (Wildman–Crippen MR) is 121 cm³/mol. The molecule has 0 bridgehead atoms. The van der Waals surface area contributed by atoms with E-state index in [0.29, 0.717) is 39.3 Å². The molecule has 0 saturated carbocycles. The number of hydrogen-bond donors (Lipinski definition) is 0. The van der Waals surface area contributed by atoms with Gasteiger partial charge in [0.25, 0.3) is 5.91 Å². The number of carbonyl (C=O) groups is 1. The minimum Gasteiger partial charge on any atom is -0.497 e. The van der Waals surface area contributed by atoms with Gasteiger partial charge in [-0.2, -0.15) is 0 Å². The number of hydrogen-bond acceptors (Lipinski definition) is 5. The smallest absolute Gasteiger partial charge is 0.260 e. The maximum atomic E-state index is 13.6. The first-order chi connectivity index (χ1) is 14.6. The van der Waals surface area contributed by atoms with Crippen molar-refractivity contribution in [3.8, 4) is 11.5 Å². The topological polar surface area (TPSA) is 51.7 Å². The number of methoxy groups -OCH3 is 2. The molecule has 0 saturated heterocycles. The van der Waals surface area contributed by atoms with Crippen molar-refractivity contribution in [1.82, 2.24) is 4.98 Å². The van der Waals surface area contributed by atoms with Crippen LogP contribution in [0.15, 0.2) is 66.7 Å². The number of benzene rings is 3. The lowest BCUT2D eigenvalue weighted by molar-refractivity contribution is 0.0984. The Balaban J connectivity index is 1.80. The molecule has 0 aliphatic carbocycles. The molecule has 0 spiro atoms. The van der Waals surface area contributed by atoms with E-state index in [0.717, 1.165) is 10.3 Å². The Kier molecular flexibility index (Phi) is 5.88. The minimum absolute atomic E-state index is 0.203. The molecular weight excluding hydrogens is 420 g/mol. The highest BCUT2D eigenvalue weighted by Crippen LogP contribution is 2.35. The summed E-state index contributed by atoms with van der Waals surface area (Å²) >= 11 is 7.75. The van der Waals surface area contributed by atoms with E-state index in [1.807, 2.05) is 42.5 Å². The highest BCUT2D eigenvalue weighted by molar-refractivity contribution is 7.22. The van der Waals surface area contributed by atoms with Crippen molar-refractivity contribution in [3.63, 3.8) is 0 Å². The average Bonchev–Trinajstić information content (AvgIpc) is 3.22. The molecule has 0 atom stereocenters. The van der Waals surface area contributed by atoms with Crippen molar-refractivity contribution in [1.29, 1.82) is 0 Å². The lowest BCUT2D eigenvalue weighted by atomic mass is 10.1. The molecule has 7 heteroatoms. The summed E-state index contributed by atoms with van der Waals surface area (Å²) in [6.45, 7) is 0.372. The fourth-order valence-electron chi connectivity index (χ4n) is 3.10. The molecule has 5 nitrogen and oxygen atoms in total. The standard InChI is InChI=1S/C23H19ClN2O3S/c1-28-17-11-16(12-18(13-17)29-2)22(27)26(14-15-7-4-3-5-8-15)23-25-21-19(24)9-6-10-20(21)30-23/h3-13H,14H2,1-2H3. The predicted octanol–water partition coefficient (Wildman–Crippen LogP) is 5.81. The van der Waals surface area contributed by atoms with E-state index in [1.54, 1.807) is 43.4 Å². The number of nitrogens with zero attached hydrogens (tertiary/aromatic N) is 2. The molecule has 1 aromatic heterocycles. The summed E-state index contributed by atoms with van der Waals surface area (Å²) in [4.78, 5) is 19.9. The number of thiazole rings is 1. The van der Waals surface area contributed by atoms with Crippen LogP contribution >= 0.6 is 22.9 Å². The van der Waals surface area contributed by atoms with Gasteiger partial charge in [-0.25, -0.2) is 4.98 Å². The van der Waals surface area contributed by atoms with E-state index in [9.17, 15) is 4.79 Å². The van der Waals surface area contributed by atoms with Crippen LogP contribution in [0.5, 0.6) is 11.5 Å². The molecule has 0 aliphatic rings. The fraction of sp³-hybridized carbons (Fsp3) is 0.130. The summed E-state index contributed by atoms with van der Waals surface area (Å²) in [6.07, 6.45) is 0. The number of para-hydroxylation sites is 1. The maximum Gasteiger partial charge on any atom is 0.260 e. The third-order valence-electron chi connectivity index (χ3n) is 4.62. The molecule has 4 rings (SSSR count). The molecule has 152 valence electrons. The first-order valence-electron chi connectivity index (χ1n) is 9.23. The van der Waals surface area contributed by atoms with Gasteiger partial charge in [0, 0.05) is 11.6 Å². The fourth-order valence-corrected chi connectivity index (χ4v) is 4.36. The molecule has 0 aliphatic heterocycles. The number of carbonyl (C=O) groups excluding carboxylic acids is 1. The Labute approximate surface area is 183 Å². The van der Waals surface area contributed by atoms with Crippen LogP contribution in [0.3, 0.4) is 0 Å². The van der Waals surface area contributed by atoms with Gasteiger partial charge >= 0.3 is 0 Å². The van der Waals surface area contributed by atoms with E-state index >= 15 is 0 Å². The van der Waals surface area contributed by atoms with Gasteiger partial charge in [-0.15, -0.1) is 0 Å². The normalized spacial score (nSPS) is 10.8. The number of amides is 1. The van der Waals surface area contributed by atoms with Crippen molar-refractivity contribution in [3.05, 3.63) is 82.9 Å². The molecule has 0 radical (unpaired) electrons. The largest absolute Gasteiger partial charge is 0.497 e. The van der Waals surface area contributed by atoms with Crippen molar-refractivity contribution < 1.29 is 14.3 Å². The number of anilines is 1. The summed E-state index contributed by atoms with van der Waals surface area (Å²) in [5.74, 6) is 0.889. The van der Waals surface area contributed by atoms with Gasteiger partial charge in [0.2, 0.25) is 0 Å². The van der Waals surface area contributed by atoms with Crippen molar-refractivity contribution in [2.75, 3.05) is 19.1 Å². The third-order valence-corrected chi connectivity index (χ3v) is 5.97. The number of rotatable bonds is 6. The molecule has 30 heavy (non-hydrogen) atoms. The lowest BCUT2D eigenvalue weighted by Gasteiger charge is -2.21. The van der Waals surface area contributed by atoms with Gasteiger partial charge in [-0.05, 0) is 29.8 Å². The minimum atomic E-state index is -0.203.